The summed E-state index contributed by atoms with van der Waals surface area (Å²) in [6, 6.07) is 6.21. The van der Waals surface area contributed by atoms with Gasteiger partial charge in [-0.1, -0.05) is 41.9 Å². The summed E-state index contributed by atoms with van der Waals surface area (Å²) < 4.78 is 1.08. The number of hydrogen-bond donors (Lipinski definition) is 1. The normalized spacial score (nSPS) is 11.8. The minimum absolute atomic E-state index is 0.161. The van der Waals surface area contributed by atoms with Crippen molar-refractivity contribution in [1.82, 2.24) is 0 Å². The lowest BCUT2D eigenvalue weighted by Gasteiger charge is -2.23. The summed E-state index contributed by atoms with van der Waals surface area (Å²) >= 11 is 3.51. The molecule has 1 aromatic rings. The van der Waals surface area contributed by atoms with Crippen LogP contribution in [-0.2, 0) is 5.41 Å². The average Bonchev–Trinajstić information content (AvgIpc) is 2.03. The molecule has 1 nitrogen and oxygen atoms in total. The summed E-state index contributed by atoms with van der Waals surface area (Å²) in [7, 11) is 0. The Labute approximate surface area is 87.9 Å². The van der Waals surface area contributed by atoms with Crippen molar-refractivity contribution in [3.05, 3.63) is 33.8 Å². The molecule has 0 saturated carbocycles. The van der Waals surface area contributed by atoms with Crippen molar-refractivity contribution in [1.29, 1.82) is 0 Å². The number of benzene rings is 1. The summed E-state index contributed by atoms with van der Waals surface area (Å²) in [6.07, 6.45) is 0. The molecule has 1 rings (SSSR count). The lowest BCUT2D eigenvalue weighted by atomic mass is 9.85. The number of aryl methyl sites for hydroxylation is 1. The summed E-state index contributed by atoms with van der Waals surface area (Å²) in [5.74, 6) is 0. The summed E-state index contributed by atoms with van der Waals surface area (Å²) in [5.41, 5.74) is 2.21. The molecule has 13 heavy (non-hydrogen) atoms. The molecule has 72 valence electrons. The van der Waals surface area contributed by atoms with Crippen LogP contribution in [0.4, 0.5) is 0 Å². The van der Waals surface area contributed by atoms with E-state index in [4.69, 9.17) is 0 Å². The van der Waals surface area contributed by atoms with Crippen LogP contribution in [0.15, 0.2) is 22.7 Å². The van der Waals surface area contributed by atoms with Crippen molar-refractivity contribution in [2.75, 3.05) is 6.61 Å². The molecule has 1 N–H and O–H groups in total. The third kappa shape index (κ3) is 2.32. The number of halogens is 1. The first kappa shape index (κ1) is 10.7. The van der Waals surface area contributed by atoms with Gasteiger partial charge in [0.1, 0.15) is 0 Å². The zero-order chi connectivity index (χ0) is 10.1. The number of aliphatic hydroxyl groups is 1. The van der Waals surface area contributed by atoms with Gasteiger partial charge in [-0.05, 0) is 24.1 Å². The van der Waals surface area contributed by atoms with Gasteiger partial charge in [-0.25, -0.2) is 0 Å². The highest BCUT2D eigenvalue weighted by molar-refractivity contribution is 9.10. The van der Waals surface area contributed by atoms with E-state index in [-0.39, 0.29) is 12.0 Å². The maximum Gasteiger partial charge on any atom is 0.0523 e. The molecule has 0 aliphatic carbocycles. The molecule has 1 aromatic carbocycles. The highest BCUT2D eigenvalue weighted by atomic mass is 79.9. The molecule has 0 aromatic heterocycles. The maximum atomic E-state index is 9.22. The maximum absolute atomic E-state index is 9.22. The molecule has 0 saturated heterocycles. The van der Waals surface area contributed by atoms with Gasteiger partial charge < -0.3 is 5.11 Å². The monoisotopic (exact) mass is 242 g/mol. The van der Waals surface area contributed by atoms with Gasteiger partial charge in [-0.3, -0.25) is 0 Å². The van der Waals surface area contributed by atoms with E-state index in [0.717, 1.165) is 10.0 Å². The van der Waals surface area contributed by atoms with Crippen molar-refractivity contribution >= 4 is 15.9 Å². The Balaban J connectivity index is 3.16. The zero-order valence-electron chi connectivity index (χ0n) is 8.26. The van der Waals surface area contributed by atoms with E-state index in [0.29, 0.717) is 0 Å². The SMILES string of the molecule is Cc1ccc(C(C)(C)CO)c(Br)c1. The quantitative estimate of drug-likeness (QED) is 0.846. The standard InChI is InChI=1S/C11H15BrO/c1-8-4-5-9(10(12)6-8)11(2,3)7-13/h4-6,13H,7H2,1-3H3. The van der Waals surface area contributed by atoms with Crippen LogP contribution in [0.25, 0.3) is 0 Å². The Hall–Kier alpha value is -0.340. The number of hydrogen-bond acceptors (Lipinski definition) is 1. The van der Waals surface area contributed by atoms with Crippen LogP contribution in [0, 0.1) is 6.92 Å². The Bertz CT molecular complexity index is 305. The van der Waals surface area contributed by atoms with Gasteiger partial charge in [-0.2, -0.15) is 0 Å². The zero-order valence-corrected chi connectivity index (χ0v) is 9.85. The lowest BCUT2D eigenvalue weighted by molar-refractivity contribution is 0.218. The van der Waals surface area contributed by atoms with Crippen molar-refractivity contribution < 1.29 is 5.11 Å². The van der Waals surface area contributed by atoms with E-state index < -0.39 is 0 Å². The minimum Gasteiger partial charge on any atom is -0.395 e. The van der Waals surface area contributed by atoms with Gasteiger partial charge in [0.25, 0.3) is 0 Å². The average molecular weight is 243 g/mol. The molecule has 0 amide bonds. The largest absolute Gasteiger partial charge is 0.395 e. The second kappa shape index (κ2) is 3.81. The van der Waals surface area contributed by atoms with Crippen molar-refractivity contribution in [3.8, 4) is 0 Å². The van der Waals surface area contributed by atoms with E-state index in [1.54, 1.807) is 0 Å². The van der Waals surface area contributed by atoms with Gasteiger partial charge in [0.2, 0.25) is 0 Å². The molecule has 2 heteroatoms. The predicted molar refractivity (Wildman–Crippen MR) is 59.0 cm³/mol. The smallest absolute Gasteiger partial charge is 0.0523 e. The Morgan fingerprint density at radius 2 is 2.00 bits per heavy atom. The fourth-order valence-corrected chi connectivity index (χ4v) is 2.28. The van der Waals surface area contributed by atoms with Gasteiger partial charge in [-0.15, -0.1) is 0 Å². The van der Waals surface area contributed by atoms with Crippen LogP contribution < -0.4 is 0 Å². The fraction of sp³-hybridized carbons (Fsp3) is 0.455. The van der Waals surface area contributed by atoms with Gasteiger partial charge in [0.05, 0.1) is 6.61 Å². The molecule has 0 heterocycles. The summed E-state index contributed by atoms with van der Waals surface area (Å²) in [5, 5.41) is 9.22. The summed E-state index contributed by atoms with van der Waals surface area (Å²) in [6.45, 7) is 6.28. The Morgan fingerprint density at radius 1 is 1.38 bits per heavy atom. The molecule has 0 bridgehead atoms. The van der Waals surface area contributed by atoms with E-state index in [1.165, 1.54) is 5.56 Å². The second-order valence-corrected chi connectivity index (χ2v) is 4.88. The highest BCUT2D eigenvalue weighted by Gasteiger charge is 2.21. The molecule has 0 aliphatic rings. The van der Waals surface area contributed by atoms with Gasteiger partial charge in [0.15, 0.2) is 0 Å². The topological polar surface area (TPSA) is 20.2 Å². The molecular weight excluding hydrogens is 228 g/mol. The van der Waals surface area contributed by atoms with E-state index in [1.807, 2.05) is 13.8 Å². The van der Waals surface area contributed by atoms with Crippen molar-refractivity contribution in [3.63, 3.8) is 0 Å². The molecule has 0 atom stereocenters. The highest BCUT2D eigenvalue weighted by Crippen LogP contribution is 2.30. The number of rotatable bonds is 2. The van der Waals surface area contributed by atoms with Gasteiger partial charge >= 0.3 is 0 Å². The molecule has 0 radical (unpaired) electrons. The third-order valence-corrected chi connectivity index (χ3v) is 2.91. The van der Waals surface area contributed by atoms with Gasteiger partial charge in [0, 0.05) is 9.89 Å². The lowest BCUT2D eigenvalue weighted by Crippen LogP contribution is -2.22. The molecule has 0 aliphatic heterocycles. The van der Waals surface area contributed by atoms with Crippen molar-refractivity contribution in [2.24, 2.45) is 0 Å². The van der Waals surface area contributed by atoms with Crippen LogP contribution in [-0.4, -0.2) is 11.7 Å². The molecular formula is C11H15BrO. The molecule has 0 spiro atoms. The summed E-state index contributed by atoms with van der Waals surface area (Å²) in [4.78, 5) is 0. The minimum atomic E-state index is -0.174. The fourth-order valence-electron chi connectivity index (χ4n) is 1.25. The molecule has 0 unspecified atom stereocenters. The van der Waals surface area contributed by atoms with Crippen LogP contribution in [0.3, 0.4) is 0 Å². The third-order valence-electron chi connectivity index (χ3n) is 2.25. The van der Waals surface area contributed by atoms with E-state index >= 15 is 0 Å². The van der Waals surface area contributed by atoms with Crippen LogP contribution >= 0.6 is 15.9 Å². The first-order valence-corrected chi connectivity index (χ1v) is 5.14. The van der Waals surface area contributed by atoms with Crippen LogP contribution in [0.1, 0.15) is 25.0 Å². The van der Waals surface area contributed by atoms with Crippen molar-refractivity contribution in [2.45, 2.75) is 26.2 Å². The van der Waals surface area contributed by atoms with E-state index in [2.05, 4.69) is 41.1 Å². The second-order valence-electron chi connectivity index (χ2n) is 4.03. The first-order chi connectivity index (χ1) is 5.97. The first-order valence-electron chi connectivity index (χ1n) is 4.35. The molecule has 0 fully saturated rings. The number of aliphatic hydroxyl groups excluding tert-OH is 1. The van der Waals surface area contributed by atoms with E-state index in [9.17, 15) is 5.11 Å². The van der Waals surface area contributed by atoms with Crippen LogP contribution in [0.2, 0.25) is 0 Å². The Kier molecular flexibility index (Phi) is 3.14. The Morgan fingerprint density at radius 3 is 2.46 bits per heavy atom. The van der Waals surface area contributed by atoms with Crippen LogP contribution in [0.5, 0.6) is 0 Å². The predicted octanol–water partition coefficient (Wildman–Crippen LogP) is 3.03.